The number of hydrogen-bond donors (Lipinski definition) is 1. The Labute approximate surface area is 131 Å². The van der Waals surface area contributed by atoms with E-state index in [2.05, 4.69) is 21.2 Å². The van der Waals surface area contributed by atoms with Crippen LogP contribution in [0.4, 0.5) is 0 Å². The summed E-state index contributed by atoms with van der Waals surface area (Å²) in [5.74, 6) is 0.0207. The Morgan fingerprint density at radius 1 is 1.50 bits per heavy atom. The fourth-order valence-corrected chi connectivity index (χ4v) is 6.07. The highest BCUT2D eigenvalue weighted by molar-refractivity contribution is 9.10. The largest absolute Gasteiger partial charge is 0.353 e. The molecule has 2 rings (SSSR count). The molecule has 1 fully saturated rings. The molecule has 0 aliphatic carbocycles. The van der Waals surface area contributed by atoms with Crippen molar-refractivity contribution in [2.24, 2.45) is 0 Å². The van der Waals surface area contributed by atoms with Crippen LogP contribution in [0, 0.1) is 0 Å². The van der Waals surface area contributed by atoms with Crippen LogP contribution in [-0.2, 0) is 14.8 Å². The number of hydrogen-bond acceptors (Lipinski definition) is 4. The number of rotatable bonds is 4. The fourth-order valence-electron chi connectivity index (χ4n) is 2.15. The number of piperidine rings is 1. The predicted octanol–water partition coefficient (Wildman–Crippen LogP) is 2.19. The van der Waals surface area contributed by atoms with Crippen LogP contribution >= 0.6 is 27.3 Å². The average Bonchev–Trinajstić information content (AvgIpc) is 2.86. The highest BCUT2D eigenvalue weighted by Crippen LogP contribution is 2.31. The molecule has 1 amide bonds. The topological polar surface area (TPSA) is 66.5 Å². The molecule has 8 heteroatoms. The molecule has 20 heavy (non-hydrogen) atoms. The third-order valence-electron chi connectivity index (χ3n) is 3.30. The van der Waals surface area contributed by atoms with Gasteiger partial charge in [-0.15, -0.1) is 11.3 Å². The number of nitrogens with zero attached hydrogens (tertiary/aromatic N) is 1. The van der Waals surface area contributed by atoms with Crippen molar-refractivity contribution in [2.45, 2.75) is 36.4 Å². The number of nitrogens with one attached hydrogen (secondary N) is 1. The molecule has 1 aromatic rings. The van der Waals surface area contributed by atoms with E-state index in [1.165, 1.54) is 15.6 Å². The SMILES string of the molecule is CCC(=O)NC1CCN(S(=O)(=O)c2sccc2Br)CC1. The summed E-state index contributed by atoms with van der Waals surface area (Å²) < 4.78 is 27.4. The van der Waals surface area contributed by atoms with Crippen molar-refractivity contribution in [3.63, 3.8) is 0 Å². The summed E-state index contributed by atoms with van der Waals surface area (Å²) in [6.45, 7) is 2.70. The van der Waals surface area contributed by atoms with Crippen LogP contribution in [0.2, 0.25) is 0 Å². The molecule has 5 nitrogen and oxygen atoms in total. The molecule has 0 saturated carbocycles. The molecule has 1 aliphatic heterocycles. The van der Waals surface area contributed by atoms with Gasteiger partial charge in [-0.25, -0.2) is 8.42 Å². The lowest BCUT2D eigenvalue weighted by Gasteiger charge is -2.31. The van der Waals surface area contributed by atoms with E-state index >= 15 is 0 Å². The second kappa shape index (κ2) is 6.55. The second-order valence-electron chi connectivity index (χ2n) is 4.66. The van der Waals surface area contributed by atoms with Crippen molar-refractivity contribution in [3.8, 4) is 0 Å². The maximum atomic E-state index is 12.5. The molecule has 0 radical (unpaired) electrons. The molecule has 0 bridgehead atoms. The Hall–Kier alpha value is -0.440. The third-order valence-corrected chi connectivity index (χ3v) is 7.84. The van der Waals surface area contributed by atoms with E-state index in [1.54, 1.807) is 11.4 Å². The van der Waals surface area contributed by atoms with Crippen LogP contribution in [0.25, 0.3) is 0 Å². The minimum absolute atomic E-state index is 0.0207. The Kier molecular flexibility index (Phi) is 5.22. The zero-order chi connectivity index (χ0) is 14.8. The molecular weight excluding hydrogens is 364 g/mol. The highest BCUT2D eigenvalue weighted by Gasteiger charge is 2.31. The monoisotopic (exact) mass is 380 g/mol. The third kappa shape index (κ3) is 3.41. The van der Waals surface area contributed by atoms with E-state index in [0.29, 0.717) is 41.0 Å². The summed E-state index contributed by atoms with van der Waals surface area (Å²) in [4.78, 5) is 11.3. The first kappa shape index (κ1) is 15.9. The molecule has 0 spiro atoms. The van der Waals surface area contributed by atoms with Crippen LogP contribution in [0.15, 0.2) is 20.1 Å². The summed E-state index contributed by atoms with van der Waals surface area (Å²) in [6.07, 6.45) is 1.78. The van der Waals surface area contributed by atoms with Gasteiger partial charge in [-0.3, -0.25) is 4.79 Å². The van der Waals surface area contributed by atoms with E-state index < -0.39 is 10.0 Å². The second-order valence-corrected chi connectivity index (χ2v) is 8.56. The zero-order valence-corrected chi connectivity index (χ0v) is 14.4. The van der Waals surface area contributed by atoms with Crippen LogP contribution < -0.4 is 5.32 Å². The summed E-state index contributed by atoms with van der Waals surface area (Å²) in [5.41, 5.74) is 0. The maximum Gasteiger partial charge on any atom is 0.253 e. The van der Waals surface area contributed by atoms with E-state index in [1.807, 2.05) is 6.92 Å². The van der Waals surface area contributed by atoms with Crippen LogP contribution in [0.1, 0.15) is 26.2 Å². The van der Waals surface area contributed by atoms with Gasteiger partial charge in [-0.05, 0) is 40.2 Å². The van der Waals surface area contributed by atoms with Crippen LogP contribution in [-0.4, -0.2) is 37.8 Å². The Balaban J connectivity index is 2.00. The predicted molar refractivity (Wildman–Crippen MR) is 82.2 cm³/mol. The van der Waals surface area contributed by atoms with E-state index in [9.17, 15) is 13.2 Å². The first-order chi connectivity index (χ1) is 9.45. The number of carbonyl (C=O) groups is 1. The van der Waals surface area contributed by atoms with Gasteiger partial charge in [0.2, 0.25) is 5.91 Å². The fraction of sp³-hybridized carbons (Fsp3) is 0.583. The van der Waals surface area contributed by atoms with Gasteiger partial charge in [0.1, 0.15) is 4.21 Å². The number of thiophene rings is 1. The number of carbonyl (C=O) groups excluding carboxylic acids is 1. The van der Waals surface area contributed by atoms with Gasteiger partial charge < -0.3 is 5.32 Å². The zero-order valence-electron chi connectivity index (χ0n) is 11.1. The first-order valence-corrected chi connectivity index (χ1v) is 9.59. The first-order valence-electron chi connectivity index (χ1n) is 6.47. The normalized spacial score (nSPS) is 18.1. The van der Waals surface area contributed by atoms with Gasteiger partial charge in [0.15, 0.2) is 0 Å². The molecule has 1 saturated heterocycles. The Morgan fingerprint density at radius 3 is 2.65 bits per heavy atom. The molecule has 0 unspecified atom stereocenters. The Bertz CT molecular complexity index is 577. The molecule has 0 atom stereocenters. The summed E-state index contributed by atoms with van der Waals surface area (Å²) in [6, 6.07) is 1.83. The van der Waals surface area contributed by atoms with Crippen molar-refractivity contribution in [1.82, 2.24) is 9.62 Å². The summed E-state index contributed by atoms with van der Waals surface area (Å²) in [5, 5.41) is 4.67. The molecule has 2 heterocycles. The minimum Gasteiger partial charge on any atom is -0.353 e. The smallest absolute Gasteiger partial charge is 0.253 e. The highest BCUT2D eigenvalue weighted by atomic mass is 79.9. The lowest BCUT2D eigenvalue weighted by molar-refractivity contribution is -0.121. The molecular formula is C12H17BrN2O3S2. The van der Waals surface area contributed by atoms with Gasteiger partial charge in [0.05, 0.1) is 0 Å². The summed E-state index contributed by atoms with van der Waals surface area (Å²) in [7, 11) is -3.41. The molecule has 1 aliphatic rings. The van der Waals surface area contributed by atoms with Gasteiger partial charge in [0, 0.05) is 30.0 Å². The van der Waals surface area contributed by atoms with Crippen molar-refractivity contribution in [2.75, 3.05) is 13.1 Å². The van der Waals surface area contributed by atoms with Gasteiger partial charge in [-0.2, -0.15) is 4.31 Å². The van der Waals surface area contributed by atoms with Gasteiger partial charge in [-0.1, -0.05) is 6.92 Å². The standard InChI is InChI=1S/C12H17BrN2O3S2/c1-2-11(16)14-9-3-6-15(7-4-9)20(17,18)12-10(13)5-8-19-12/h5,8-9H,2-4,6-7H2,1H3,(H,14,16). The van der Waals surface area contributed by atoms with Crippen LogP contribution in [0.5, 0.6) is 0 Å². The number of sulfonamides is 1. The van der Waals surface area contributed by atoms with E-state index in [4.69, 9.17) is 0 Å². The molecule has 1 N–H and O–H groups in total. The number of halogens is 1. The molecule has 112 valence electrons. The lowest BCUT2D eigenvalue weighted by atomic mass is 10.1. The van der Waals surface area contributed by atoms with E-state index in [0.717, 1.165) is 0 Å². The molecule has 1 aromatic heterocycles. The van der Waals surface area contributed by atoms with Crippen LogP contribution in [0.3, 0.4) is 0 Å². The van der Waals surface area contributed by atoms with Crippen molar-refractivity contribution in [3.05, 3.63) is 15.9 Å². The van der Waals surface area contributed by atoms with E-state index in [-0.39, 0.29) is 11.9 Å². The average molecular weight is 381 g/mol. The quantitative estimate of drug-likeness (QED) is 0.870. The minimum atomic E-state index is -3.41. The number of amides is 1. The Morgan fingerprint density at radius 2 is 2.15 bits per heavy atom. The summed E-state index contributed by atoms with van der Waals surface area (Å²) >= 11 is 4.49. The lowest BCUT2D eigenvalue weighted by Crippen LogP contribution is -2.46. The van der Waals surface area contributed by atoms with Crippen molar-refractivity contribution < 1.29 is 13.2 Å². The van der Waals surface area contributed by atoms with Gasteiger partial charge >= 0.3 is 0 Å². The van der Waals surface area contributed by atoms with Gasteiger partial charge in [0.25, 0.3) is 10.0 Å². The van der Waals surface area contributed by atoms with Crippen molar-refractivity contribution in [1.29, 1.82) is 0 Å². The molecule has 0 aromatic carbocycles. The van der Waals surface area contributed by atoms with Crippen molar-refractivity contribution >= 4 is 43.2 Å². The maximum absolute atomic E-state index is 12.5.